The van der Waals surface area contributed by atoms with Gasteiger partial charge in [0.1, 0.15) is 5.54 Å². The van der Waals surface area contributed by atoms with Crippen LogP contribution in [0, 0.1) is 6.92 Å². The summed E-state index contributed by atoms with van der Waals surface area (Å²) in [5.41, 5.74) is 2.63. The summed E-state index contributed by atoms with van der Waals surface area (Å²) in [6.07, 6.45) is 0. The van der Waals surface area contributed by atoms with Gasteiger partial charge in [-0.3, -0.25) is 4.79 Å². The normalized spacial score (nSPS) is 18.7. The molecule has 1 fully saturated rings. The van der Waals surface area contributed by atoms with Gasteiger partial charge in [0.2, 0.25) is 0 Å². The SMILES string of the molecule is Cc1c(Br)sc2c1C(=O)N(Cc1cccc(Cl)c1)C21COC1. The number of amides is 1. The van der Waals surface area contributed by atoms with Crippen LogP contribution >= 0.6 is 38.9 Å². The molecule has 0 aliphatic carbocycles. The van der Waals surface area contributed by atoms with Crippen LogP contribution < -0.4 is 0 Å². The number of benzene rings is 1. The molecule has 0 unspecified atom stereocenters. The van der Waals surface area contributed by atoms with Crippen molar-refractivity contribution in [1.82, 2.24) is 4.90 Å². The van der Waals surface area contributed by atoms with Gasteiger partial charge in [-0.05, 0) is 46.1 Å². The Hall–Kier alpha value is -0.880. The fourth-order valence-corrected chi connectivity index (χ4v) is 5.24. The van der Waals surface area contributed by atoms with E-state index in [2.05, 4.69) is 15.9 Å². The smallest absolute Gasteiger partial charge is 0.256 e. The summed E-state index contributed by atoms with van der Waals surface area (Å²) in [6, 6.07) is 7.68. The third-order valence-corrected chi connectivity index (χ3v) is 6.99. The first-order valence-corrected chi connectivity index (χ1v) is 8.95. The van der Waals surface area contributed by atoms with Crippen LogP contribution in [0.3, 0.4) is 0 Å². The van der Waals surface area contributed by atoms with Crippen LogP contribution in [0.4, 0.5) is 0 Å². The third-order valence-electron chi connectivity index (χ3n) is 4.40. The first kappa shape index (κ1) is 14.7. The van der Waals surface area contributed by atoms with Gasteiger partial charge in [0.05, 0.1) is 22.6 Å². The monoisotopic (exact) mass is 397 g/mol. The van der Waals surface area contributed by atoms with Crippen molar-refractivity contribution >= 4 is 44.8 Å². The minimum Gasteiger partial charge on any atom is -0.376 e. The average molecular weight is 399 g/mol. The van der Waals surface area contributed by atoms with Crippen LogP contribution in [0.15, 0.2) is 28.1 Å². The average Bonchev–Trinajstić information content (AvgIpc) is 2.84. The van der Waals surface area contributed by atoms with E-state index in [1.165, 1.54) is 0 Å². The zero-order chi connectivity index (χ0) is 15.5. The standard InChI is InChI=1S/C16H13BrClNO2S/c1-9-12-13(22-14(9)17)16(7-21-8-16)19(15(12)20)6-10-3-2-4-11(18)5-10/h2-5H,6-8H2,1H3. The first-order chi connectivity index (χ1) is 10.5. The van der Waals surface area contributed by atoms with Crippen molar-refractivity contribution in [3.63, 3.8) is 0 Å². The number of hydrogen-bond donors (Lipinski definition) is 0. The zero-order valence-corrected chi connectivity index (χ0v) is 15.0. The number of rotatable bonds is 2. The number of carbonyl (C=O) groups is 1. The van der Waals surface area contributed by atoms with Gasteiger partial charge in [-0.2, -0.15) is 0 Å². The van der Waals surface area contributed by atoms with E-state index in [-0.39, 0.29) is 11.4 Å². The molecule has 0 atom stereocenters. The summed E-state index contributed by atoms with van der Waals surface area (Å²) >= 11 is 11.3. The van der Waals surface area contributed by atoms with Crippen molar-refractivity contribution in [2.45, 2.75) is 19.0 Å². The molecule has 1 aromatic carbocycles. The highest BCUT2D eigenvalue weighted by atomic mass is 79.9. The lowest BCUT2D eigenvalue weighted by Gasteiger charge is -2.45. The molecule has 1 aromatic heterocycles. The summed E-state index contributed by atoms with van der Waals surface area (Å²) in [5.74, 6) is 0.0951. The van der Waals surface area contributed by atoms with Crippen LogP contribution in [0.2, 0.25) is 5.02 Å². The predicted octanol–water partition coefficient (Wildman–Crippen LogP) is 4.35. The van der Waals surface area contributed by atoms with Crippen molar-refractivity contribution in [3.8, 4) is 0 Å². The molecule has 1 saturated heterocycles. The molecule has 4 rings (SSSR count). The molecular weight excluding hydrogens is 386 g/mol. The summed E-state index contributed by atoms with van der Waals surface area (Å²) in [4.78, 5) is 16.0. The van der Waals surface area contributed by atoms with Gasteiger partial charge in [-0.1, -0.05) is 23.7 Å². The molecule has 0 bridgehead atoms. The minimum absolute atomic E-state index is 0.0951. The van der Waals surface area contributed by atoms with Crippen molar-refractivity contribution in [1.29, 1.82) is 0 Å². The second-order valence-corrected chi connectivity index (χ2v) is 8.53. The Morgan fingerprint density at radius 2 is 2.23 bits per heavy atom. The van der Waals surface area contributed by atoms with Crippen LogP contribution in [-0.4, -0.2) is 24.0 Å². The molecule has 2 aliphatic rings. The number of carbonyl (C=O) groups excluding carboxylic acids is 1. The second-order valence-electron chi connectivity index (χ2n) is 5.75. The molecule has 1 amide bonds. The Bertz CT molecular complexity index is 784. The second kappa shape index (κ2) is 5.06. The van der Waals surface area contributed by atoms with Gasteiger partial charge in [0, 0.05) is 16.4 Å². The molecule has 0 saturated carbocycles. The van der Waals surface area contributed by atoms with Crippen LogP contribution in [0.25, 0.3) is 0 Å². The van der Waals surface area contributed by atoms with E-state index < -0.39 is 0 Å². The first-order valence-electron chi connectivity index (χ1n) is 6.96. The van der Waals surface area contributed by atoms with Crippen LogP contribution in [0.5, 0.6) is 0 Å². The van der Waals surface area contributed by atoms with Crippen molar-refractivity contribution in [3.05, 3.63) is 54.6 Å². The third kappa shape index (κ3) is 1.92. The molecule has 6 heteroatoms. The highest BCUT2D eigenvalue weighted by molar-refractivity contribution is 9.11. The molecule has 1 spiro atoms. The maximum Gasteiger partial charge on any atom is 0.256 e. The maximum absolute atomic E-state index is 13.0. The van der Waals surface area contributed by atoms with Gasteiger partial charge in [-0.25, -0.2) is 0 Å². The Morgan fingerprint density at radius 1 is 1.45 bits per heavy atom. The van der Waals surface area contributed by atoms with Crippen LogP contribution in [-0.2, 0) is 16.8 Å². The van der Waals surface area contributed by atoms with E-state index in [1.807, 2.05) is 36.1 Å². The molecule has 2 aliphatic heterocycles. The molecule has 2 aromatic rings. The summed E-state index contributed by atoms with van der Waals surface area (Å²) in [6.45, 7) is 3.69. The Kier molecular flexibility index (Phi) is 3.38. The summed E-state index contributed by atoms with van der Waals surface area (Å²) < 4.78 is 6.52. The lowest BCUT2D eigenvalue weighted by atomic mass is 9.94. The maximum atomic E-state index is 13.0. The zero-order valence-electron chi connectivity index (χ0n) is 11.9. The van der Waals surface area contributed by atoms with E-state index in [0.29, 0.717) is 24.8 Å². The summed E-state index contributed by atoms with van der Waals surface area (Å²) in [5, 5.41) is 0.691. The number of thiophene rings is 1. The fraction of sp³-hybridized carbons (Fsp3) is 0.312. The number of hydrogen-bond acceptors (Lipinski definition) is 3. The lowest BCUT2D eigenvalue weighted by molar-refractivity contribution is -0.126. The van der Waals surface area contributed by atoms with E-state index in [1.54, 1.807) is 11.3 Å². The molecule has 3 heterocycles. The largest absolute Gasteiger partial charge is 0.376 e. The van der Waals surface area contributed by atoms with Crippen molar-refractivity contribution in [2.24, 2.45) is 0 Å². The molecule has 114 valence electrons. The van der Waals surface area contributed by atoms with Gasteiger partial charge in [0.15, 0.2) is 0 Å². The highest BCUT2D eigenvalue weighted by Crippen LogP contribution is 2.51. The summed E-state index contributed by atoms with van der Waals surface area (Å²) in [7, 11) is 0. The molecule has 22 heavy (non-hydrogen) atoms. The Labute approximate surface area is 146 Å². The Morgan fingerprint density at radius 3 is 2.86 bits per heavy atom. The minimum atomic E-state index is -0.295. The molecule has 0 radical (unpaired) electrons. The number of nitrogens with zero attached hydrogens (tertiary/aromatic N) is 1. The molecule has 3 nitrogen and oxygen atoms in total. The fourth-order valence-electron chi connectivity index (χ4n) is 3.15. The van der Waals surface area contributed by atoms with Crippen LogP contribution in [0.1, 0.15) is 26.4 Å². The van der Waals surface area contributed by atoms with E-state index >= 15 is 0 Å². The topological polar surface area (TPSA) is 29.5 Å². The predicted molar refractivity (Wildman–Crippen MR) is 90.6 cm³/mol. The van der Waals surface area contributed by atoms with Gasteiger partial charge >= 0.3 is 0 Å². The quantitative estimate of drug-likeness (QED) is 0.752. The molecule has 0 N–H and O–H groups in total. The number of fused-ring (bicyclic) bond motifs is 2. The van der Waals surface area contributed by atoms with Crippen molar-refractivity contribution in [2.75, 3.05) is 13.2 Å². The van der Waals surface area contributed by atoms with Gasteiger partial charge in [-0.15, -0.1) is 11.3 Å². The lowest BCUT2D eigenvalue weighted by Crippen LogP contribution is -2.56. The highest BCUT2D eigenvalue weighted by Gasteiger charge is 2.56. The Balaban J connectivity index is 1.76. The van der Waals surface area contributed by atoms with Gasteiger partial charge in [0.25, 0.3) is 5.91 Å². The van der Waals surface area contributed by atoms with Crippen molar-refractivity contribution < 1.29 is 9.53 Å². The van der Waals surface area contributed by atoms with Gasteiger partial charge < -0.3 is 9.64 Å². The van der Waals surface area contributed by atoms with E-state index in [0.717, 1.165) is 25.4 Å². The number of halogens is 2. The number of ether oxygens (including phenoxy) is 1. The van der Waals surface area contributed by atoms with E-state index in [9.17, 15) is 4.79 Å². The van der Waals surface area contributed by atoms with E-state index in [4.69, 9.17) is 16.3 Å². The molecular formula is C16H13BrClNO2S.